The van der Waals surface area contributed by atoms with Crippen LogP contribution in [0.2, 0.25) is 0 Å². The van der Waals surface area contributed by atoms with Gasteiger partial charge < -0.3 is 5.32 Å². The van der Waals surface area contributed by atoms with Crippen LogP contribution in [0.25, 0.3) is 10.9 Å². The van der Waals surface area contributed by atoms with E-state index in [9.17, 15) is 0 Å². The van der Waals surface area contributed by atoms with Crippen LogP contribution in [0.1, 0.15) is 18.9 Å². The molecule has 1 aromatic heterocycles. The number of hydrogen-bond acceptors (Lipinski definition) is 3. The third-order valence-corrected chi connectivity index (χ3v) is 3.86. The monoisotopic (exact) mass is 260 g/mol. The summed E-state index contributed by atoms with van der Waals surface area (Å²) in [5.74, 6) is 2.46. The van der Waals surface area contributed by atoms with E-state index in [-0.39, 0.29) is 0 Å². The van der Waals surface area contributed by atoms with Crippen molar-refractivity contribution in [1.29, 1.82) is 0 Å². The molecule has 1 N–H and O–H groups in total. The first kappa shape index (κ1) is 13.4. The van der Waals surface area contributed by atoms with Crippen molar-refractivity contribution in [3.63, 3.8) is 0 Å². The maximum absolute atomic E-state index is 4.47. The highest BCUT2D eigenvalue weighted by molar-refractivity contribution is 7.99. The van der Waals surface area contributed by atoms with Gasteiger partial charge in [-0.3, -0.25) is 4.98 Å². The molecule has 0 spiro atoms. The van der Waals surface area contributed by atoms with Crippen molar-refractivity contribution < 1.29 is 0 Å². The van der Waals surface area contributed by atoms with Crippen LogP contribution in [0.4, 0.5) is 0 Å². The molecule has 18 heavy (non-hydrogen) atoms. The summed E-state index contributed by atoms with van der Waals surface area (Å²) in [5.41, 5.74) is 2.41. The van der Waals surface area contributed by atoms with Crippen LogP contribution in [-0.4, -0.2) is 23.0 Å². The third-order valence-electron chi connectivity index (χ3n) is 2.88. The Balaban J connectivity index is 1.88. The highest BCUT2D eigenvalue weighted by Crippen LogP contribution is 2.15. The Hall–Kier alpha value is -1.06. The average Bonchev–Trinajstić information content (AvgIpc) is 2.43. The molecule has 96 valence electrons. The van der Waals surface area contributed by atoms with E-state index in [1.165, 1.54) is 28.9 Å². The summed E-state index contributed by atoms with van der Waals surface area (Å²) in [4.78, 5) is 4.47. The first-order valence-electron chi connectivity index (χ1n) is 6.53. The maximum Gasteiger partial charge on any atom is 0.0746 e. The minimum absolute atomic E-state index is 0.908. The number of nitrogens with zero attached hydrogens (tertiary/aromatic N) is 1. The highest BCUT2D eigenvalue weighted by Gasteiger charge is 2.00. The topological polar surface area (TPSA) is 24.9 Å². The predicted octanol–water partition coefficient (Wildman–Crippen LogP) is 3.47. The van der Waals surface area contributed by atoms with Gasteiger partial charge in [0.15, 0.2) is 0 Å². The average molecular weight is 260 g/mol. The summed E-state index contributed by atoms with van der Waals surface area (Å²) < 4.78 is 0. The van der Waals surface area contributed by atoms with Crippen molar-refractivity contribution >= 4 is 22.7 Å². The quantitative estimate of drug-likeness (QED) is 0.772. The third kappa shape index (κ3) is 3.72. The maximum atomic E-state index is 4.47. The SMILES string of the molecule is CCSCCCNCc1cccc2cccnc12. The molecule has 0 amide bonds. The number of benzene rings is 1. The highest BCUT2D eigenvalue weighted by atomic mass is 32.2. The molecular weight excluding hydrogens is 240 g/mol. The molecule has 0 saturated heterocycles. The van der Waals surface area contributed by atoms with Crippen LogP contribution in [0, 0.1) is 0 Å². The number of para-hydroxylation sites is 1. The van der Waals surface area contributed by atoms with Crippen LogP contribution in [0.3, 0.4) is 0 Å². The summed E-state index contributed by atoms with van der Waals surface area (Å²) in [6.45, 7) is 4.20. The van der Waals surface area contributed by atoms with E-state index >= 15 is 0 Å². The first-order chi connectivity index (χ1) is 8.92. The molecule has 2 rings (SSSR count). The molecule has 0 saturated carbocycles. The van der Waals surface area contributed by atoms with Crippen molar-refractivity contribution in [2.24, 2.45) is 0 Å². The van der Waals surface area contributed by atoms with E-state index in [1.807, 2.05) is 24.0 Å². The van der Waals surface area contributed by atoms with E-state index < -0.39 is 0 Å². The zero-order chi connectivity index (χ0) is 12.6. The van der Waals surface area contributed by atoms with E-state index in [0.717, 1.165) is 18.6 Å². The molecule has 0 bridgehead atoms. The molecule has 0 unspecified atom stereocenters. The molecule has 0 fully saturated rings. The van der Waals surface area contributed by atoms with E-state index in [1.54, 1.807) is 0 Å². The number of pyridine rings is 1. The number of nitrogens with one attached hydrogen (secondary N) is 1. The van der Waals surface area contributed by atoms with Crippen molar-refractivity contribution in [1.82, 2.24) is 10.3 Å². The Morgan fingerprint density at radius 2 is 2.11 bits per heavy atom. The second kappa shape index (κ2) is 7.39. The lowest BCUT2D eigenvalue weighted by Crippen LogP contribution is -2.15. The van der Waals surface area contributed by atoms with E-state index in [4.69, 9.17) is 0 Å². The van der Waals surface area contributed by atoms with Crippen LogP contribution in [0.5, 0.6) is 0 Å². The lowest BCUT2D eigenvalue weighted by atomic mass is 10.1. The summed E-state index contributed by atoms with van der Waals surface area (Å²) in [5, 5.41) is 4.72. The lowest BCUT2D eigenvalue weighted by molar-refractivity contribution is 0.681. The van der Waals surface area contributed by atoms with Gasteiger partial charge in [0.05, 0.1) is 5.52 Å². The van der Waals surface area contributed by atoms with Crippen LogP contribution >= 0.6 is 11.8 Å². The Labute approximate surface area is 113 Å². The first-order valence-corrected chi connectivity index (χ1v) is 7.68. The summed E-state index contributed by atoms with van der Waals surface area (Å²) >= 11 is 2.00. The number of thioether (sulfide) groups is 1. The van der Waals surface area contributed by atoms with Gasteiger partial charge in [-0.15, -0.1) is 0 Å². The second-order valence-corrected chi connectivity index (χ2v) is 5.61. The van der Waals surface area contributed by atoms with Gasteiger partial charge in [0, 0.05) is 18.1 Å². The second-order valence-electron chi connectivity index (χ2n) is 4.22. The Bertz CT molecular complexity index is 479. The number of aromatic nitrogens is 1. The predicted molar refractivity (Wildman–Crippen MR) is 81.1 cm³/mol. The number of rotatable bonds is 7. The molecule has 3 heteroatoms. The number of hydrogen-bond donors (Lipinski definition) is 1. The van der Waals surface area contributed by atoms with Gasteiger partial charge in [0.2, 0.25) is 0 Å². The van der Waals surface area contributed by atoms with Crippen molar-refractivity contribution in [3.8, 4) is 0 Å². The standard InChI is InChI=1S/C15H20N2S/c1-2-18-11-5-9-16-12-14-7-3-6-13-8-4-10-17-15(13)14/h3-4,6-8,10,16H,2,5,9,11-12H2,1H3. The molecular formula is C15H20N2S. The molecule has 2 aromatic rings. The van der Waals surface area contributed by atoms with Gasteiger partial charge in [0.1, 0.15) is 0 Å². The van der Waals surface area contributed by atoms with Gasteiger partial charge in [0.25, 0.3) is 0 Å². The largest absolute Gasteiger partial charge is 0.313 e. The lowest BCUT2D eigenvalue weighted by Gasteiger charge is -2.07. The minimum atomic E-state index is 0.908. The Morgan fingerprint density at radius 3 is 3.00 bits per heavy atom. The molecule has 0 aliphatic rings. The van der Waals surface area contributed by atoms with Gasteiger partial charge in [-0.25, -0.2) is 0 Å². The smallest absolute Gasteiger partial charge is 0.0746 e. The van der Waals surface area contributed by atoms with Gasteiger partial charge in [-0.2, -0.15) is 11.8 Å². The van der Waals surface area contributed by atoms with E-state index in [0.29, 0.717) is 0 Å². The van der Waals surface area contributed by atoms with Crippen LogP contribution < -0.4 is 5.32 Å². The molecule has 2 nitrogen and oxygen atoms in total. The van der Waals surface area contributed by atoms with Crippen molar-refractivity contribution in [2.75, 3.05) is 18.1 Å². The fraction of sp³-hybridized carbons (Fsp3) is 0.400. The fourth-order valence-electron chi connectivity index (χ4n) is 1.98. The van der Waals surface area contributed by atoms with Crippen molar-refractivity contribution in [2.45, 2.75) is 19.9 Å². The number of fused-ring (bicyclic) bond motifs is 1. The fourth-order valence-corrected chi connectivity index (χ4v) is 2.61. The van der Waals surface area contributed by atoms with Crippen LogP contribution in [-0.2, 0) is 6.54 Å². The molecule has 0 radical (unpaired) electrons. The minimum Gasteiger partial charge on any atom is -0.313 e. The molecule has 0 atom stereocenters. The molecule has 0 aliphatic carbocycles. The van der Waals surface area contributed by atoms with Crippen molar-refractivity contribution in [3.05, 3.63) is 42.1 Å². The zero-order valence-corrected chi connectivity index (χ0v) is 11.7. The Kier molecular flexibility index (Phi) is 5.49. The molecule has 0 aliphatic heterocycles. The molecule has 1 aromatic carbocycles. The molecule has 1 heterocycles. The summed E-state index contributed by atoms with van der Waals surface area (Å²) in [6, 6.07) is 10.5. The zero-order valence-electron chi connectivity index (χ0n) is 10.9. The summed E-state index contributed by atoms with van der Waals surface area (Å²) in [7, 11) is 0. The van der Waals surface area contributed by atoms with Crippen LogP contribution in [0.15, 0.2) is 36.5 Å². The Morgan fingerprint density at radius 1 is 1.22 bits per heavy atom. The summed E-state index contributed by atoms with van der Waals surface area (Å²) in [6.07, 6.45) is 3.10. The van der Waals surface area contributed by atoms with Gasteiger partial charge >= 0.3 is 0 Å². The van der Waals surface area contributed by atoms with Gasteiger partial charge in [-0.05, 0) is 36.1 Å². The normalized spacial score (nSPS) is 10.9. The van der Waals surface area contributed by atoms with Gasteiger partial charge in [-0.1, -0.05) is 31.2 Å². The van der Waals surface area contributed by atoms with E-state index in [2.05, 4.69) is 41.5 Å².